The molecule has 2 N–H and O–H groups in total. The molecule has 1 aliphatic rings. The summed E-state index contributed by atoms with van der Waals surface area (Å²) in [7, 11) is -2.05. The van der Waals surface area contributed by atoms with Gasteiger partial charge in [0.1, 0.15) is 10.7 Å². The molecule has 0 spiro atoms. The lowest BCUT2D eigenvalue weighted by Gasteiger charge is -2.36. The van der Waals surface area contributed by atoms with Crippen molar-refractivity contribution in [2.45, 2.75) is 30.7 Å². The molecule has 0 saturated carbocycles. The molecule has 140 valence electrons. The topological polar surface area (TPSA) is 84.5 Å². The van der Waals surface area contributed by atoms with Crippen molar-refractivity contribution >= 4 is 15.7 Å². The third-order valence-corrected chi connectivity index (χ3v) is 5.80. The second kappa shape index (κ2) is 7.80. The van der Waals surface area contributed by atoms with Crippen molar-refractivity contribution in [3.8, 4) is 0 Å². The van der Waals surface area contributed by atoms with E-state index in [2.05, 4.69) is 10.6 Å². The van der Waals surface area contributed by atoms with Crippen LogP contribution in [-0.4, -0.2) is 47.4 Å². The van der Waals surface area contributed by atoms with Gasteiger partial charge in [0.15, 0.2) is 9.84 Å². The van der Waals surface area contributed by atoms with Gasteiger partial charge in [-0.1, -0.05) is 6.07 Å². The van der Waals surface area contributed by atoms with Gasteiger partial charge in [-0.3, -0.25) is 4.79 Å². The highest BCUT2D eigenvalue weighted by molar-refractivity contribution is 7.90. The van der Waals surface area contributed by atoms with Crippen LogP contribution in [-0.2, 0) is 19.4 Å². The number of piperidine rings is 1. The van der Waals surface area contributed by atoms with E-state index in [1.54, 1.807) is 14.0 Å². The maximum absolute atomic E-state index is 14.1. The summed E-state index contributed by atoms with van der Waals surface area (Å²) in [6, 6.07) is 3.47. The van der Waals surface area contributed by atoms with Crippen LogP contribution in [0, 0.1) is 11.2 Å². The van der Waals surface area contributed by atoms with Crippen LogP contribution in [0.15, 0.2) is 23.1 Å². The molecule has 1 atom stereocenters. The molecule has 1 unspecified atom stereocenters. The second-order valence-electron chi connectivity index (χ2n) is 6.62. The Kier molecular flexibility index (Phi) is 6.18. The van der Waals surface area contributed by atoms with E-state index in [1.807, 2.05) is 0 Å². The molecule has 1 heterocycles. The SMILES string of the molecule is COCC1(C(=O)NC(C)c2ccc(S(C)(=O)=O)c(F)c2)CCNCC1. The molecule has 0 bridgehead atoms. The summed E-state index contributed by atoms with van der Waals surface area (Å²) in [5, 5.41) is 6.14. The van der Waals surface area contributed by atoms with Gasteiger partial charge in [0.2, 0.25) is 5.91 Å². The summed E-state index contributed by atoms with van der Waals surface area (Å²) in [6.07, 6.45) is 2.30. The molecule has 25 heavy (non-hydrogen) atoms. The van der Waals surface area contributed by atoms with Crippen molar-refractivity contribution in [1.82, 2.24) is 10.6 Å². The van der Waals surface area contributed by atoms with Crippen LogP contribution < -0.4 is 10.6 Å². The Labute approximate surface area is 148 Å². The quantitative estimate of drug-likeness (QED) is 0.789. The van der Waals surface area contributed by atoms with E-state index in [9.17, 15) is 17.6 Å². The van der Waals surface area contributed by atoms with Crippen molar-refractivity contribution in [3.63, 3.8) is 0 Å². The average Bonchev–Trinajstić information content (AvgIpc) is 2.54. The third kappa shape index (κ3) is 4.56. The Morgan fingerprint density at radius 2 is 2.04 bits per heavy atom. The first-order chi connectivity index (χ1) is 11.7. The number of rotatable bonds is 6. The Hall–Kier alpha value is -1.51. The van der Waals surface area contributed by atoms with Crippen LogP contribution in [0.2, 0.25) is 0 Å². The minimum absolute atomic E-state index is 0.129. The normalized spacial score (nSPS) is 18.6. The molecule has 6 nitrogen and oxygen atoms in total. The average molecular weight is 372 g/mol. The molecule has 1 saturated heterocycles. The fourth-order valence-corrected chi connectivity index (χ4v) is 3.87. The fourth-order valence-electron chi connectivity index (χ4n) is 3.14. The number of sulfone groups is 1. The first-order valence-corrected chi connectivity index (χ1v) is 10.1. The molecule has 0 aliphatic carbocycles. The summed E-state index contributed by atoms with van der Waals surface area (Å²) in [5.74, 6) is -0.939. The molecular weight excluding hydrogens is 347 g/mol. The molecule has 1 amide bonds. The number of carbonyl (C=O) groups is 1. The Morgan fingerprint density at radius 1 is 1.40 bits per heavy atom. The number of halogens is 1. The maximum Gasteiger partial charge on any atom is 0.229 e. The number of hydrogen-bond donors (Lipinski definition) is 2. The Bertz CT molecular complexity index is 725. The van der Waals surface area contributed by atoms with Crippen LogP contribution >= 0.6 is 0 Å². The molecule has 1 aromatic carbocycles. The van der Waals surface area contributed by atoms with Crippen molar-refractivity contribution in [2.75, 3.05) is 33.1 Å². The van der Waals surface area contributed by atoms with E-state index in [-0.39, 0.29) is 10.8 Å². The van der Waals surface area contributed by atoms with Gasteiger partial charge < -0.3 is 15.4 Å². The van der Waals surface area contributed by atoms with Crippen molar-refractivity contribution < 1.29 is 22.3 Å². The first kappa shape index (κ1) is 19.8. The number of ether oxygens (including phenoxy) is 1. The van der Waals surface area contributed by atoms with Crippen LogP contribution in [0.1, 0.15) is 31.4 Å². The van der Waals surface area contributed by atoms with Crippen molar-refractivity contribution in [2.24, 2.45) is 5.41 Å². The predicted octanol–water partition coefficient (Wildman–Crippen LogP) is 1.42. The zero-order chi connectivity index (χ0) is 18.7. The van der Waals surface area contributed by atoms with Crippen LogP contribution in [0.3, 0.4) is 0 Å². The highest BCUT2D eigenvalue weighted by Crippen LogP contribution is 2.30. The molecular formula is C17H25FN2O4S. The molecule has 2 rings (SSSR count). The number of benzene rings is 1. The second-order valence-corrected chi connectivity index (χ2v) is 8.60. The van der Waals surface area contributed by atoms with E-state index in [4.69, 9.17) is 4.74 Å². The molecule has 1 aliphatic heterocycles. The monoisotopic (exact) mass is 372 g/mol. The lowest BCUT2D eigenvalue weighted by molar-refractivity contribution is -0.136. The van der Waals surface area contributed by atoms with E-state index in [0.717, 1.165) is 25.4 Å². The summed E-state index contributed by atoms with van der Waals surface area (Å²) in [6.45, 7) is 3.55. The molecule has 0 aromatic heterocycles. The Morgan fingerprint density at radius 3 is 2.56 bits per heavy atom. The predicted molar refractivity (Wildman–Crippen MR) is 92.5 cm³/mol. The van der Waals surface area contributed by atoms with Gasteiger partial charge in [0.25, 0.3) is 0 Å². The van der Waals surface area contributed by atoms with Gasteiger partial charge in [-0.25, -0.2) is 12.8 Å². The largest absolute Gasteiger partial charge is 0.384 e. The van der Waals surface area contributed by atoms with Crippen LogP contribution in [0.5, 0.6) is 0 Å². The minimum Gasteiger partial charge on any atom is -0.384 e. The number of amides is 1. The zero-order valence-corrected chi connectivity index (χ0v) is 15.6. The van der Waals surface area contributed by atoms with Gasteiger partial charge in [-0.15, -0.1) is 0 Å². The van der Waals surface area contributed by atoms with E-state index >= 15 is 0 Å². The highest BCUT2D eigenvalue weighted by Gasteiger charge is 2.40. The van der Waals surface area contributed by atoms with E-state index in [1.165, 1.54) is 12.1 Å². The number of nitrogens with one attached hydrogen (secondary N) is 2. The van der Waals surface area contributed by atoms with E-state index < -0.39 is 27.1 Å². The van der Waals surface area contributed by atoms with E-state index in [0.29, 0.717) is 25.0 Å². The van der Waals surface area contributed by atoms with Gasteiger partial charge in [0, 0.05) is 13.4 Å². The summed E-state index contributed by atoms with van der Waals surface area (Å²) >= 11 is 0. The fraction of sp³-hybridized carbons (Fsp3) is 0.588. The molecule has 1 aromatic rings. The molecule has 8 heteroatoms. The van der Waals surface area contributed by atoms with Gasteiger partial charge >= 0.3 is 0 Å². The summed E-state index contributed by atoms with van der Waals surface area (Å²) < 4.78 is 42.3. The lowest BCUT2D eigenvalue weighted by atomic mass is 9.78. The minimum atomic E-state index is -3.62. The van der Waals surface area contributed by atoms with Crippen LogP contribution in [0.25, 0.3) is 0 Å². The van der Waals surface area contributed by atoms with Gasteiger partial charge in [-0.05, 0) is 50.6 Å². The number of hydrogen-bond acceptors (Lipinski definition) is 5. The van der Waals surface area contributed by atoms with Gasteiger partial charge in [-0.2, -0.15) is 0 Å². The first-order valence-electron chi connectivity index (χ1n) is 8.20. The van der Waals surface area contributed by atoms with Crippen molar-refractivity contribution in [1.29, 1.82) is 0 Å². The summed E-state index contributed by atoms with van der Waals surface area (Å²) in [5.41, 5.74) is -0.0841. The lowest BCUT2D eigenvalue weighted by Crippen LogP contribution is -2.50. The Balaban J connectivity index is 2.16. The number of methoxy groups -OCH3 is 1. The maximum atomic E-state index is 14.1. The standard InChI is InChI=1S/C17H25FN2O4S/c1-12(13-4-5-15(14(18)10-13)25(3,22)23)20-16(21)17(11-24-2)6-8-19-9-7-17/h4-5,10,12,19H,6-9,11H2,1-3H3,(H,20,21). The zero-order valence-electron chi connectivity index (χ0n) is 14.8. The molecule has 1 fully saturated rings. The van der Waals surface area contributed by atoms with Crippen LogP contribution in [0.4, 0.5) is 4.39 Å². The summed E-state index contributed by atoms with van der Waals surface area (Å²) in [4.78, 5) is 12.5. The number of carbonyl (C=O) groups excluding carboxylic acids is 1. The smallest absolute Gasteiger partial charge is 0.229 e. The highest BCUT2D eigenvalue weighted by atomic mass is 32.2. The van der Waals surface area contributed by atoms with Gasteiger partial charge in [0.05, 0.1) is 18.1 Å². The molecule has 0 radical (unpaired) electrons. The third-order valence-electron chi connectivity index (χ3n) is 4.67. The van der Waals surface area contributed by atoms with Crippen molar-refractivity contribution in [3.05, 3.63) is 29.6 Å².